The molecular formula is C19H26N2O7S3. The Morgan fingerprint density at radius 3 is 2.32 bits per heavy atom. The lowest BCUT2D eigenvalue weighted by atomic mass is 10.3. The van der Waals surface area contributed by atoms with Gasteiger partial charge >= 0.3 is 5.97 Å². The van der Waals surface area contributed by atoms with Gasteiger partial charge in [-0.25, -0.2) is 21.6 Å². The number of carbonyl (C=O) groups is 1. The molecule has 1 aromatic carbocycles. The van der Waals surface area contributed by atoms with Gasteiger partial charge in [0.25, 0.3) is 10.0 Å². The van der Waals surface area contributed by atoms with Gasteiger partial charge in [-0.15, -0.1) is 11.3 Å². The Balaban J connectivity index is 2.58. The normalized spacial score (nSPS) is 12.2. The van der Waals surface area contributed by atoms with E-state index in [9.17, 15) is 21.6 Å². The van der Waals surface area contributed by atoms with Crippen LogP contribution in [0.4, 0.5) is 5.69 Å². The molecule has 0 bridgehead atoms. The molecule has 1 heterocycles. The molecule has 0 fully saturated rings. The van der Waals surface area contributed by atoms with Gasteiger partial charge in [-0.1, -0.05) is 13.8 Å². The number of ether oxygens (including phenoxy) is 2. The molecule has 0 atom stereocenters. The van der Waals surface area contributed by atoms with E-state index >= 15 is 0 Å². The summed E-state index contributed by atoms with van der Waals surface area (Å²) in [5, 5.41) is 1.45. The topological polar surface area (TPSA) is 119 Å². The van der Waals surface area contributed by atoms with Crippen LogP contribution in [0.3, 0.4) is 0 Å². The fourth-order valence-corrected chi connectivity index (χ4v) is 6.65. The van der Waals surface area contributed by atoms with Gasteiger partial charge in [0.05, 0.1) is 23.8 Å². The number of nitrogens with zero attached hydrogens (tertiary/aromatic N) is 1. The molecule has 0 saturated carbocycles. The number of benzene rings is 1. The van der Waals surface area contributed by atoms with Gasteiger partial charge in [0, 0.05) is 13.1 Å². The minimum absolute atomic E-state index is 0.0519. The summed E-state index contributed by atoms with van der Waals surface area (Å²) >= 11 is 0.924. The lowest BCUT2D eigenvalue weighted by molar-refractivity contribution is 0.0602. The summed E-state index contributed by atoms with van der Waals surface area (Å²) in [5.41, 5.74) is -0.0519. The van der Waals surface area contributed by atoms with Crippen LogP contribution in [0.1, 0.15) is 37.4 Å². The average Bonchev–Trinajstić information content (AvgIpc) is 3.19. The second-order valence-electron chi connectivity index (χ2n) is 6.62. The summed E-state index contributed by atoms with van der Waals surface area (Å²) in [5.74, 6) is -0.626. The maximum absolute atomic E-state index is 13.0. The number of esters is 1. The van der Waals surface area contributed by atoms with Crippen LogP contribution in [0.5, 0.6) is 5.75 Å². The van der Waals surface area contributed by atoms with Crippen LogP contribution in [-0.2, 0) is 24.8 Å². The van der Waals surface area contributed by atoms with Gasteiger partial charge in [-0.3, -0.25) is 4.72 Å². The molecular weight excluding hydrogens is 464 g/mol. The lowest BCUT2D eigenvalue weighted by Crippen LogP contribution is -2.30. The largest absolute Gasteiger partial charge is 0.489 e. The molecule has 172 valence electrons. The summed E-state index contributed by atoms with van der Waals surface area (Å²) in [6, 6.07) is 5.27. The molecule has 0 aliphatic rings. The molecule has 0 spiro atoms. The molecule has 9 nitrogen and oxygen atoms in total. The Bertz CT molecular complexity index is 1140. The summed E-state index contributed by atoms with van der Waals surface area (Å²) in [7, 11) is -6.91. The number of sulfonamides is 2. The third-order valence-corrected chi connectivity index (χ3v) is 8.67. The van der Waals surface area contributed by atoms with Gasteiger partial charge in [0.2, 0.25) is 10.0 Å². The van der Waals surface area contributed by atoms with E-state index in [4.69, 9.17) is 4.74 Å². The molecule has 0 saturated heterocycles. The fraction of sp³-hybridized carbons (Fsp3) is 0.421. The molecule has 0 aliphatic heterocycles. The van der Waals surface area contributed by atoms with Crippen molar-refractivity contribution >= 4 is 43.0 Å². The number of rotatable bonds is 10. The van der Waals surface area contributed by atoms with Crippen molar-refractivity contribution in [3.8, 4) is 5.75 Å². The van der Waals surface area contributed by atoms with Gasteiger partial charge in [0.1, 0.15) is 15.5 Å². The number of anilines is 1. The standard InChI is InChI=1S/C19H26N2O7S3/c1-6-21(7-2)31(25,26)14-8-9-16(28-13(3)4)15(12-14)20-30(23,24)17-10-11-29-18(17)19(22)27-5/h8-13,20H,6-7H2,1-5H3. The first kappa shape index (κ1) is 25.1. The van der Waals surface area contributed by atoms with Crippen molar-refractivity contribution in [2.24, 2.45) is 0 Å². The molecule has 31 heavy (non-hydrogen) atoms. The first-order valence-electron chi connectivity index (χ1n) is 9.47. The lowest BCUT2D eigenvalue weighted by Gasteiger charge is -2.21. The van der Waals surface area contributed by atoms with E-state index in [2.05, 4.69) is 9.46 Å². The van der Waals surface area contributed by atoms with E-state index < -0.39 is 26.0 Å². The number of hydrogen-bond donors (Lipinski definition) is 1. The van der Waals surface area contributed by atoms with Crippen molar-refractivity contribution in [3.05, 3.63) is 34.5 Å². The highest BCUT2D eigenvalue weighted by Crippen LogP contribution is 2.33. The molecule has 0 amide bonds. The highest BCUT2D eigenvalue weighted by Gasteiger charge is 2.28. The van der Waals surface area contributed by atoms with Crippen LogP contribution in [0.25, 0.3) is 0 Å². The zero-order chi connectivity index (χ0) is 23.4. The second kappa shape index (κ2) is 9.98. The summed E-state index contributed by atoms with van der Waals surface area (Å²) in [4.78, 5) is 11.5. The van der Waals surface area contributed by atoms with Crippen molar-refractivity contribution in [3.63, 3.8) is 0 Å². The van der Waals surface area contributed by atoms with Crippen molar-refractivity contribution in [1.82, 2.24) is 4.31 Å². The van der Waals surface area contributed by atoms with Crippen molar-refractivity contribution in [1.29, 1.82) is 0 Å². The maximum atomic E-state index is 13.0. The third kappa shape index (κ3) is 5.56. The number of carbonyl (C=O) groups excluding carboxylic acids is 1. The highest BCUT2D eigenvalue weighted by atomic mass is 32.2. The summed E-state index contributed by atoms with van der Waals surface area (Å²) < 4.78 is 65.8. The Morgan fingerprint density at radius 1 is 1.13 bits per heavy atom. The SMILES string of the molecule is CCN(CC)S(=O)(=O)c1ccc(OC(C)C)c(NS(=O)(=O)c2ccsc2C(=O)OC)c1. The molecule has 1 N–H and O–H groups in total. The van der Waals surface area contributed by atoms with Crippen LogP contribution >= 0.6 is 11.3 Å². The van der Waals surface area contributed by atoms with E-state index in [1.165, 1.54) is 34.0 Å². The molecule has 0 unspecified atom stereocenters. The predicted molar refractivity (Wildman–Crippen MR) is 119 cm³/mol. The molecule has 1 aromatic heterocycles. The van der Waals surface area contributed by atoms with Crippen LogP contribution in [0.2, 0.25) is 0 Å². The van der Waals surface area contributed by atoms with Gasteiger partial charge in [-0.2, -0.15) is 4.31 Å². The van der Waals surface area contributed by atoms with E-state index in [1.54, 1.807) is 27.7 Å². The second-order valence-corrected chi connectivity index (χ2v) is 11.1. The number of nitrogens with one attached hydrogen (secondary N) is 1. The fourth-order valence-electron chi connectivity index (χ4n) is 2.77. The molecule has 0 radical (unpaired) electrons. The Kier molecular flexibility index (Phi) is 8.09. The van der Waals surface area contributed by atoms with Crippen LogP contribution in [-0.4, -0.2) is 53.4 Å². The molecule has 2 rings (SSSR count). The highest BCUT2D eigenvalue weighted by molar-refractivity contribution is 7.93. The average molecular weight is 491 g/mol. The number of methoxy groups -OCH3 is 1. The number of thiophene rings is 1. The van der Waals surface area contributed by atoms with E-state index in [0.717, 1.165) is 18.4 Å². The predicted octanol–water partition coefficient (Wildman–Crippen LogP) is 3.15. The number of hydrogen-bond acceptors (Lipinski definition) is 8. The zero-order valence-electron chi connectivity index (χ0n) is 17.9. The van der Waals surface area contributed by atoms with Crippen LogP contribution in [0.15, 0.2) is 39.4 Å². The summed E-state index contributed by atoms with van der Waals surface area (Å²) in [6.45, 7) is 7.47. The third-order valence-electron chi connectivity index (χ3n) is 4.19. The zero-order valence-corrected chi connectivity index (χ0v) is 20.4. The minimum atomic E-state index is -4.24. The first-order chi connectivity index (χ1) is 14.5. The van der Waals surface area contributed by atoms with Crippen molar-refractivity contribution in [2.45, 2.75) is 43.6 Å². The van der Waals surface area contributed by atoms with E-state index in [-0.39, 0.29) is 45.3 Å². The molecule has 0 aliphatic carbocycles. The van der Waals surface area contributed by atoms with Crippen LogP contribution < -0.4 is 9.46 Å². The summed E-state index contributed by atoms with van der Waals surface area (Å²) in [6.07, 6.45) is -0.291. The van der Waals surface area contributed by atoms with Crippen LogP contribution in [0, 0.1) is 0 Å². The van der Waals surface area contributed by atoms with Gasteiger partial charge in [0.15, 0.2) is 0 Å². The van der Waals surface area contributed by atoms with Gasteiger partial charge < -0.3 is 9.47 Å². The van der Waals surface area contributed by atoms with E-state index in [0.29, 0.717) is 0 Å². The quantitative estimate of drug-likeness (QED) is 0.508. The van der Waals surface area contributed by atoms with Crippen molar-refractivity contribution < 1.29 is 31.1 Å². The monoisotopic (exact) mass is 490 g/mol. The Labute approximate surface area is 187 Å². The molecule has 2 aromatic rings. The van der Waals surface area contributed by atoms with E-state index in [1.807, 2.05) is 0 Å². The first-order valence-corrected chi connectivity index (χ1v) is 13.3. The minimum Gasteiger partial charge on any atom is -0.489 e. The molecule has 12 heteroatoms. The maximum Gasteiger partial charge on any atom is 0.349 e. The Hall–Kier alpha value is -2.15. The Morgan fingerprint density at radius 2 is 1.77 bits per heavy atom. The van der Waals surface area contributed by atoms with Gasteiger partial charge in [-0.05, 0) is 43.5 Å². The van der Waals surface area contributed by atoms with Crippen molar-refractivity contribution in [2.75, 3.05) is 24.9 Å². The smallest absolute Gasteiger partial charge is 0.349 e.